The Morgan fingerprint density at radius 2 is 1.78 bits per heavy atom. The monoisotopic (exact) mass is 435 g/mol. The average Bonchev–Trinajstić information content (AvgIpc) is 3.10. The minimum atomic E-state index is -0.525. The standard InChI is InChI=1S/C26H33N3O3/c27-25(30)23-12-5-6-13-24(23)32-18-19-8-7-9-20(16-19)26(31)28-21-14-15-29(17-21)22-10-3-1-2-4-11-22/h5-9,12-13,16,21-22H,1-4,10-11,14-15,17-18H2,(H2,27,30)(H,28,31). The molecule has 1 aliphatic heterocycles. The number of nitrogens with two attached hydrogens (primary N) is 1. The molecule has 1 saturated heterocycles. The summed E-state index contributed by atoms with van der Waals surface area (Å²) in [6, 6.07) is 15.2. The summed E-state index contributed by atoms with van der Waals surface area (Å²) >= 11 is 0. The fourth-order valence-electron chi connectivity index (χ4n) is 4.89. The fourth-order valence-corrected chi connectivity index (χ4v) is 4.89. The zero-order valence-corrected chi connectivity index (χ0v) is 18.6. The summed E-state index contributed by atoms with van der Waals surface area (Å²) in [6.07, 6.45) is 8.98. The molecule has 1 atom stereocenters. The summed E-state index contributed by atoms with van der Waals surface area (Å²) in [6.45, 7) is 2.27. The van der Waals surface area contributed by atoms with E-state index in [-0.39, 0.29) is 18.6 Å². The SMILES string of the molecule is NC(=O)c1ccccc1OCc1cccc(C(=O)NC2CCN(C3CCCCCC3)C2)c1. The Morgan fingerprint density at radius 3 is 2.56 bits per heavy atom. The molecule has 2 aliphatic rings. The number of para-hydroxylation sites is 1. The van der Waals surface area contributed by atoms with Crippen molar-refractivity contribution in [1.29, 1.82) is 0 Å². The summed E-state index contributed by atoms with van der Waals surface area (Å²) in [5, 5.41) is 3.22. The van der Waals surface area contributed by atoms with Crippen LogP contribution in [0.5, 0.6) is 5.75 Å². The number of nitrogens with one attached hydrogen (secondary N) is 1. The Balaban J connectivity index is 1.32. The van der Waals surface area contributed by atoms with Crippen LogP contribution in [0, 0.1) is 0 Å². The van der Waals surface area contributed by atoms with Gasteiger partial charge in [0.05, 0.1) is 5.56 Å². The van der Waals surface area contributed by atoms with Crippen molar-refractivity contribution >= 4 is 11.8 Å². The quantitative estimate of drug-likeness (QED) is 0.646. The highest BCUT2D eigenvalue weighted by Gasteiger charge is 2.29. The minimum absolute atomic E-state index is 0.0443. The van der Waals surface area contributed by atoms with Crippen LogP contribution in [0.2, 0.25) is 0 Å². The van der Waals surface area contributed by atoms with E-state index in [9.17, 15) is 9.59 Å². The van der Waals surface area contributed by atoms with Crippen molar-refractivity contribution < 1.29 is 14.3 Å². The zero-order valence-electron chi connectivity index (χ0n) is 18.6. The molecule has 2 aromatic carbocycles. The molecule has 4 rings (SSSR count). The minimum Gasteiger partial charge on any atom is -0.488 e. The first kappa shape index (κ1) is 22.3. The van der Waals surface area contributed by atoms with E-state index in [1.807, 2.05) is 24.3 Å². The average molecular weight is 436 g/mol. The maximum atomic E-state index is 12.9. The first-order valence-corrected chi connectivity index (χ1v) is 11.8. The number of likely N-dealkylation sites (tertiary alicyclic amines) is 1. The van der Waals surface area contributed by atoms with Crippen LogP contribution in [-0.2, 0) is 6.61 Å². The lowest BCUT2D eigenvalue weighted by Gasteiger charge is -2.26. The summed E-state index contributed by atoms with van der Waals surface area (Å²) in [7, 11) is 0. The van der Waals surface area contributed by atoms with Gasteiger partial charge in [-0.3, -0.25) is 14.5 Å². The summed E-state index contributed by atoms with van der Waals surface area (Å²) in [4.78, 5) is 27.0. The highest BCUT2D eigenvalue weighted by Crippen LogP contribution is 2.25. The van der Waals surface area contributed by atoms with Crippen LogP contribution in [0.1, 0.15) is 71.2 Å². The van der Waals surface area contributed by atoms with E-state index in [0.717, 1.165) is 25.1 Å². The van der Waals surface area contributed by atoms with E-state index in [0.29, 0.717) is 22.9 Å². The topological polar surface area (TPSA) is 84.7 Å². The first-order chi connectivity index (χ1) is 15.6. The van der Waals surface area contributed by atoms with E-state index in [1.54, 1.807) is 24.3 Å². The lowest BCUT2D eigenvalue weighted by molar-refractivity contribution is 0.0934. The number of hydrogen-bond acceptors (Lipinski definition) is 4. The molecule has 1 saturated carbocycles. The number of carbonyl (C=O) groups is 2. The van der Waals surface area contributed by atoms with Crippen molar-refractivity contribution in [3.63, 3.8) is 0 Å². The van der Waals surface area contributed by atoms with E-state index >= 15 is 0 Å². The Morgan fingerprint density at radius 1 is 1.00 bits per heavy atom. The highest BCUT2D eigenvalue weighted by atomic mass is 16.5. The molecular formula is C26H33N3O3. The van der Waals surface area contributed by atoms with Gasteiger partial charge in [0.15, 0.2) is 0 Å². The molecule has 0 bridgehead atoms. The van der Waals surface area contributed by atoms with Gasteiger partial charge in [0.25, 0.3) is 11.8 Å². The van der Waals surface area contributed by atoms with Crippen LogP contribution < -0.4 is 15.8 Å². The number of carbonyl (C=O) groups excluding carboxylic acids is 2. The number of rotatable bonds is 7. The number of nitrogens with zero attached hydrogens (tertiary/aromatic N) is 1. The Kier molecular flexibility index (Phi) is 7.43. The van der Waals surface area contributed by atoms with Gasteiger partial charge in [-0.05, 0) is 49.1 Å². The van der Waals surface area contributed by atoms with E-state index in [1.165, 1.54) is 38.5 Å². The number of primary amides is 1. The largest absolute Gasteiger partial charge is 0.488 e. The van der Waals surface area contributed by atoms with Gasteiger partial charge in [-0.15, -0.1) is 0 Å². The Bertz CT molecular complexity index is 937. The van der Waals surface area contributed by atoms with E-state index < -0.39 is 5.91 Å². The van der Waals surface area contributed by atoms with Crippen molar-refractivity contribution in [2.24, 2.45) is 5.73 Å². The lowest BCUT2D eigenvalue weighted by Crippen LogP contribution is -2.39. The maximum Gasteiger partial charge on any atom is 0.252 e. The molecule has 0 radical (unpaired) electrons. The lowest BCUT2D eigenvalue weighted by atomic mass is 10.1. The third-order valence-corrected chi connectivity index (χ3v) is 6.63. The molecule has 0 spiro atoms. The van der Waals surface area contributed by atoms with Crippen LogP contribution in [-0.4, -0.2) is 41.9 Å². The third-order valence-electron chi connectivity index (χ3n) is 6.63. The molecule has 1 unspecified atom stereocenters. The molecule has 1 heterocycles. The molecule has 3 N–H and O–H groups in total. The molecule has 2 fully saturated rings. The summed E-state index contributed by atoms with van der Waals surface area (Å²) < 4.78 is 5.80. The van der Waals surface area contributed by atoms with Crippen molar-refractivity contribution in [3.05, 3.63) is 65.2 Å². The van der Waals surface area contributed by atoms with Crippen LogP contribution in [0.15, 0.2) is 48.5 Å². The maximum absolute atomic E-state index is 12.9. The summed E-state index contributed by atoms with van der Waals surface area (Å²) in [5.41, 5.74) is 7.25. The second kappa shape index (κ2) is 10.6. The van der Waals surface area contributed by atoms with E-state index in [4.69, 9.17) is 10.5 Å². The second-order valence-corrected chi connectivity index (χ2v) is 8.95. The Hall–Kier alpha value is -2.86. The zero-order chi connectivity index (χ0) is 22.3. The first-order valence-electron chi connectivity index (χ1n) is 11.8. The van der Waals surface area contributed by atoms with Crippen molar-refractivity contribution in [2.45, 2.75) is 63.6 Å². The van der Waals surface area contributed by atoms with Gasteiger partial charge in [0.1, 0.15) is 12.4 Å². The molecule has 170 valence electrons. The molecule has 32 heavy (non-hydrogen) atoms. The molecule has 6 nitrogen and oxygen atoms in total. The normalized spacial score (nSPS) is 19.9. The second-order valence-electron chi connectivity index (χ2n) is 8.95. The fraction of sp³-hybridized carbons (Fsp3) is 0.462. The van der Waals surface area contributed by atoms with Crippen molar-refractivity contribution in [1.82, 2.24) is 10.2 Å². The number of amides is 2. The van der Waals surface area contributed by atoms with Crippen molar-refractivity contribution in [2.75, 3.05) is 13.1 Å². The predicted octanol–water partition coefficient (Wildman–Crippen LogP) is 3.89. The van der Waals surface area contributed by atoms with Crippen LogP contribution >= 0.6 is 0 Å². The predicted molar refractivity (Wildman–Crippen MR) is 125 cm³/mol. The van der Waals surface area contributed by atoms with Crippen LogP contribution in [0.4, 0.5) is 0 Å². The van der Waals surface area contributed by atoms with Gasteiger partial charge in [-0.25, -0.2) is 0 Å². The molecular weight excluding hydrogens is 402 g/mol. The third kappa shape index (κ3) is 5.68. The Labute approximate surface area is 190 Å². The van der Waals surface area contributed by atoms with Gasteiger partial charge in [0, 0.05) is 30.7 Å². The molecule has 2 amide bonds. The number of ether oxygens (including phenoxy) is 1. The molecule has 2 aromatic rings. The van der Waals surface area contributed by atoms with Crippen molar-refractivity contribution in [3.8, 4) is 5.75 Å². The smallest absolute Gasteiger partial charge is 0.252 e. The van der Waals surface area contributed by atoms with Gasteiger partial charge >= 0.3 is 0 Å². The number of benzene rings is 2. The summed E-state index contributed by atoms with van der Waals surface area (Å²) in [5.74, 6) is -0.125. The highest BCUT2D eigenvalue weighted by molar-refractivity contribution is 5.95. The van der Waals surface area contributed by atoms with Gasteiger partial charge < -0.3 is 15.8 Å². The number of hydrogen-bond donors (Lipinski definition) is 2. The van der Waals surface area contributed by atoms with E-state index in [2.05, 4.69) is 10.2 Å². The molecule has 1 aliphatic carbocycles. The van der Waals surface area contributed by atoms with Crippen LogP contribution in [0.25, 0.3) is 0 Å². The molecule has 0 aromatic heterocycles. The van der Waals surface area contributed by atoms with Gasteiger partial charge in [-0.2, -0.15) is 0 Å². The molecule has 6 heteroatoms. The van der Waals surface area contributed by atoms with Gasteiger partial charge in [0.2, 0.25) is 0 Å². The van der Waals surface area contributed by atoms with Gasteiger partial charge in [-0.1, -0.05) is 49.9 Å². The van der Waals surface area contributed by atoms with Crippen LogP contribution in [0.3, 0.4) is 0 Å².